The predicted molar refractivity (Wildman–Crippen MR) is 122 cm³/mol. The number of nitrogens with zero attached hydrogens (tertiary/aromatic N) is 1. The molecule has 3 aromatic carbocycles. The molecular weight excluding hydrogens is 467 g/mol. The van der Waals surface area contributed by atoms with E-state index in [0.29, 0.717) is 6.54 Å². The van der Waals surface area contributed by atoms with Crippen LogP contribution in [0, 0.1) is 0 Å². The molecule has 31 heavy (non-hydrogen) atoms. The Labute approximate surface area is 189 Å². The molecule has 0 aromatic heterocycles. The van der Waals surface area contributed by atoms with Crippen LogP contribution in [-0.4, -0.2) is 29.7 Å². The molecule has 3 aromatic rings. The van der Waals surface area contributed by atoms with Crippen molar-refractivity contribution in [2.45, 2.75) is 25.2 Å². The highest BCUT2D eigenvalue weighted by Crippen LogP contribution is 2.28. The first kappa shape index (κ1) is 23.4. The minimum absolute atomic E-state index is 0.160. The molecule has 164 valence electrons. The van der Waals surface area contributed by atoms with E-state index in [1.165, 1.54) is 23.3 Å². The third kappa shape index (κ3) is 7.71. The van der Waals surface area contributed by atoms with E-state index in [2.05, 4.69) is 49.8 Å². The van der Waals surface area contributed by atoms with Crippen LogP contribution in [0.5, 0.6) is 5.75 Å². The quantitative estimate of drug-likeness (QED) is 0.283. The van der Waals surface area contributed by atoms with E-state index in [1.807, 2.05) is 42.5 Å². The predicted octanol–water partition coefficient (Wildman–Crippen LogP) is 7.00. The first-order valence-electron chi connectivity index (χ1n) is 10.2. The topological polar surface area (TPSA) is 12.5 Å². The van der Waals surface area contributed by atoms with Gasteiger partial charge in [-0.15, -0.1) is 13.2 Å². The number of hydrogen-bond donors (Lipinski definition) is 0. The molecule has 0 N–H and O–H groups in total. The zero-order valence-electron chi connectivity index (χ0n) is 17.1. The van der Waals surface area contributed by atoms with Crippen molar-refractivity contribution in [1.82, 2.24) is 4.90 Å². The van der Waals surface area contributed by atoms with Gasteiger partial charge in [-0.1, -0.05) is 88.7 Å². The maximum atomic E-state index is 12.6. The van der Waals surface area contributed by atoms with Crippen LogP contribution in [0.3, 0.4) is 0 Å². The molecule has 0 aliphatic rings. The first-order valence-corrected chi connectivity index (χ1v) is 11.3. The van der Waals surface area contributed by atoms with Crippen molar-refractivity contribution >= 4 is 15.9 Å². The SMILES string of the molecule is FC(F)(F)Oc1cccc(CN(CCCBr)CC(c2ccccc2)c2ccccc2)c1. The molecule has 0 bridgehead atoms. The van der Waals surface area contributed by atoms with Gasteiger partial charge in [0, 0.05) is 24.3 Å². The van der Waals surface area contributed by atoms with Crippen LogP contribution in [0.25, 0.3) is 0 Å². The first-order chi connectivity index (χ1) is 14.9. The summed E-state index contributed by atoms with van der Waals surface area (Å²) in [5.41, 5.74) is 3.22. The molecule has 0 aliphatic carbocycles. The van der Waals surface area contributed by atoms with Crippen LogP contribution in [0.4, 0.5) is 13.2 Å². The molecule has 0 unspecified atom stereocenters. The average Bonchev–Trinajstić information content (AvgIpc) is 2.76. The minimum Gasteiger partial charge on any atom is -0.406 e. The summed E-state index contributed by atoms with van der Waals surface area (Å²) in [6.45, 7) is 2.12. The fourth-order valence-electron chi connectivity index (χ4n) is 3.65. The Balaban J connectivity index is 1.83. The van der Waals surface area contributed by atoms with Gasteiger partial charge in [-0.3, -0.25) is 4.90 Å². The van der Waals surface area contributed by atoms with Crippen molar-refractivity contribution in [3.05, 3.63) is 102 Å². The molecule has 0 spiro atoms. The second-order valence-corrected chi connectivity index (χ2v) is 8.14. The van der Waals surface area contributed by atoms with Crippen molar-refractivity contribution in [2.75, 3.05) is 18.4 Å². The zero-order valence-corrected chi connectivity index (χ0v) is 18.6. The molecule has 0 fully saturated rings. The number of alkyl halides is 4. The van der Waals surface area contributed by atoms with Gasteiger partial charge < -0.3 is 4.74 Å². The van der Waals surface area contributed by atoms with E-state index in [4.69, 9.17) is 0 Å². The van der Waals surface area contributed by atoms with Gasteiger partial charge in [0.25, 0.3) is 0 Å². The normalized spacial score (nSPS) is 11.8. The summed E-state index contributed by atoms with van der Waals surface area (Å²) < 4.78 is 41.9. The van der Waals surface area contributed by atoms with Gasteiger partial charge in [0.05, 0.1) is 0 Å². The molecule has 0 heterocycles. The Bertz CT molecular complexity index is 879. The van der Waals surface area contributed by atoms with E-state index in [0.717, 1.165) is 30.4 Å². The largest absolute Gasteiger partial charge is 0.573 e. The van der Waals surface area contributed by atoms with Crippen LogP contribution in [-0.2, 0) is 6.54 Å². The van der Waals surface area contributed by atoms with Crippen LogP contribution in [0.15, 0.2) is 84.9 Å². The van der Waals surface area contributed by atoms with Crippen LogP contribution < -0.4 is 4.74 Å². The van der Waals surface area contributed by atoms with E-state index < -0.39 is 6.36 Å². The summed E-state index contributed by atoms with van der Waals surface area (Å²) in [6, 6.07) is 26.9. The van der Waals surface area contributed by atoms with Crippen molar-refractivity contribution in [3.63, 3.8) is 0 Å². The molecule has 3 rings (SSSR count). The van der Waals surface area contributed by atoms with Gasteiger partial charge in [-0.2, -0.15) is 0 Å². The fourth-order valence-corrected chi connectivity index (χ4v) is 3.90. The van der Waals surface area contributed by atoms with Gasteiger partial charge in [0.15, 0.2) is 0 Å². The average molecular weight is 492 g/mol. The third-order valence-corrected chi connectivity index (χ3v) is 5.55. The summed E-state index contributed by atoms with van der Waals surface area (Å²) in [6.07, 6.45) is -3.75. The molecule has 2 nitrogen and oxygen atoms in total. The van der Waals surface area contributed by atoms with Crippen LogP contribution in [0.2, 0.25) is 0 Å². The van der Waals surface area contributed by atoms with Gasteiger partial charge in [0.2, 0.25) is 0 Å². The molecular formula is C25H25BrF3NO. The lowest BCUT2D eigenvalue weighted by molar-refractivity contribution is -0.274. The Kier molecular flexibility index (Phi) is 8.55. The van der Waals surface area contributed by atoms with Gasteiger partial charge in [0.1, 0.15) is 5.75 Å². The van der Waals surface area contributed by atoms with Crippen molar-refractivity contribution in [3.8, 4) is 5.75 Å². The maximum absolute atomic E-state index is 12.6. The third-order valence-electron chi connectivity index (χ3n) is 4.99. The minimum atomic E-state index is -4.69. The lowest BCUT2D eigenvalue weighted by Gasteiger charge is -2.28. The van der Waals surface area contributed by atoms with Gasteiger partial charge in [-0.25, -0.2) is 0 Å². The van der Waals surface area contributed by atoms with E-state index in [-0.39, 0.29) is 11.7 Å². The molecule has 6 heteroatoms. The number of rotatable bonds is 10. The summed E-state index contributed by atoms with van der Waals surface area (Å²) in [5, 5.41) is 0.863. The standard InChI is InChI=1S/C25H25BrF3NO/c26-15-8-16-30(18-20-9-7-14-23(17-20)31-25(27,28)29)19-24(21-10-3-1-4-11-21)22-12-5-2-6-13-22/h1-7,9-14,17,24H,8,15-16,18-19H2. The number of hydrogen-bond acceptors (Lipinski definition) is 2. The Morgan fingerprint density at radius 3 is 2.00 bits per heavy atom. The number of benzene rings is 3. The summed E-state index contributed by atoms with van der Waals surface area (Å²) in [4.78, 5) is 2.29. The number of ether oxygens (including phenoxy) is 1. The fraction of sp³-hybridized carbons (Fsp3) is 0.280. The molecule has 0 saturated carbocycles. The Hall–Kier alpha value is -2.31. The lowest BCUT2D eigenvalue weighted by Crippen LogP contribution is -2.30. The smallest absolute Gasteiger partial charge is 0.406 e. The monoisotopic (exact) mass is 491 g/mol. The molecule has 0 aliphatic heterocycles. The lowest BCUT2D eigenvalue weighted by atomic mass is 9.90. The van der Waals surface area contributed by atoms with Gasteiger partial charge in [-0.05, 0) is 41.8 Å². The van der Waals surface area contributed by atoms with E-state index in [9.17, 15) is 13.2 Å². The Morgan fingerprint density at radius 2 is 1.45 bits per heavy atom. The van der Waals surface area contributed by atoms with Crippen molar-refractivity contribution < 1.29 is 17.9 Å². The van der Waals surface area contributed by atoms with Crippen LogP contribution in [0.1, 0.15) is 29.0 Å². The van der Waals surface area contributed by atoms with Crippen molar-refractivity contribution in [2.24, 2.45) is 0 Å². The maximum Gasteiger partial charge on any atom is 0.573 e. The summed E-state index contributed by atoms with van der Waals surface area (Å²) in [7, 11) is 0. The van der Waals surface area contributed by atoms with Gasteiger partial charge >= 0.3 is 6.36 Å². The molecule has 0 amide bonds. The highest BCUT2D eigenvalue weighted by atomic mass is 79.9. The van der Waals surface area contributed by atoms with Crippen LogP contribution >= 0.6 is 15.9 Å². The Morgan fingerprint density at radius 1 is 0.839 bits per heavy atom. The highest BCUT2D eigenvalue weighted by molar-refractivity contribution is 9.09. The van der Waals surface area contributed by atoms with E-state index >= 15 is 0 Å². The second-order valence-electron chi connectivity index (χ2n) is 7.35. The molecule has 0 saturated heterocycles. The van der Waals surface area contributed by atoms with Crippen molar-refractivity contribution in [1.29, 1.82) is 0 Å². The molecule has 0 radical (unpaired) electrons. The number of halogens is 4. The molecule has 0 atom stereocenters. The zero-order chi connectivity index (χ0) is 22.1. The summed E-state index contributed by atoms with van der Waals surface area (Å²) in [5.74, 6) is -0.0274. The summed E-state index contributed by atoms with van der Waals surface area (Å²) >= 11 is 3.49. The highest BCUT2D eigenvalue weighted by Gasteiger charge is 2.31. The second kappa shape index (κ2) is 11.3. The van der Waals surface area contributed by atoms with E-state index in [1.54, 1.807) is 6.07 Å².